The summed E-state index contributed by atoms with van der Waals surface area (Å²) in [4.78, 5) is 0. The van der Waals surface area contributed by atoms with E-state index < -0.39 is 22.0 Å². The van der Waals surface area contributed by atoms with Crippen molar-refractivity contribution in [3.63, 3.8) is 0 Å². The number of hydrogen-bond acceptors (Lipinski definition) is 5. The van der Waals surface area contributed by atoms with Gasteiger partial charge in [0.2, 0.25) is 0 Å². The van der Waals surface area contributed by atoms with Crippen LogP contribution in [0.1, 0.15) is 1.43 Å². The molecule has 0 aromatic carbocycles. The average Bonchev–Trinajstić information content (AvgIpc) is 2.47. The third kappa shape index (κ3) is 3.40. The van der Waals surface area contributed by atoms with E-state index in [9.17, 15) is 8.42 Å². The Hall–Kier alpha value is -0.193. The predicted molar refractivity (Wildman–Crippen MR) is 51.8 cm³/mol. The summed E-state index contributed by atoms with van der Waals surface area (Å²) in [5, 5.41) is 3.50. The van der Waals surface area contributed by atoms with E-state index in [0.29, 0.717) is 11.5 Å². The molecule has 15 heavy (non-hydrogen) atoms. The number of fused-ring (bicyclic) bond motifs is 1. The molecule has 1 aromatic rings. The Labute approximate surface area is 105 Å². The van der Waals surface area contributed by atoms with E-state index in [-0.39, 0.29) is 26.9 Å². The molecule has 1 unspecified atom stereocenters. The molecule has 1 atom stereocenters. The molecule has 1 aliphatic rings. The van der Waals surface area contributed by atoms with Gasteiger partial charge in [-0.15, -0.1) is 11.3 Å². The summed E-state index contributed by atoms with van der Waals surface area (Å²) in [6.45, 7) is 0.142. The first-order chi connectivity index (χ1) is 6.54. The third-order valence-corrected chi connectivity index (χ3v) is 3.20. The number of thiophene rings is 1. The van der Waals surface area contributed by atoms with E-state index in [1.165, 1.54) is 11.3 Å². The van der Waals surface area contributed by atoms with Crippen LogP contribution in [-0.4, -0.2) is 31.4 Å². The van der Waals surface area contributed by atoms with Crippen molar-refractivity contribution in [2.45, 2.75) is 6.10 Å². The van der Waals surface area contributed by atoms with Crippen LogP contribution in [0.25, 0.3) is 0 Å². The molecule has 1 N–H and O–H groups in total. The standard InChI is InChI=1S/C7H8O5S2.Li.H/c8-14(9,10)4-5-1-11-6-2-13-3-7(6)12-5;;/h2-3,5H,1,4H2,(H,8,9,10);;/q;+1;-1. The normalized spacial score (nSPS) is 19.4. The van der Waals surface area contributed by atoms with Crippen molar-refractivity contribution in [3.05, 3.63) is 10.8 Å². The topological polar surface area (TPSA) is 72.8 Å². The first kappa shape index (κ1) is 12.9. The largest absolute Gasteiger partial charge is 1.00 e. The van der Waals surface area contributed by atoms with Gasteiger partial charge in [0, 0.05) is 10.8 Å². The molecular formula is C7H9LiO5S2. The van der Waals surface area contributed by atoms with Crippen LogP contribution in [0.15, 0.2) is 10.8 Å². The molecule has 8 heteroatoms. The summed E-state index contributed by atoms with van der Waals surface area (Å²) >= 11 is 1.41. The molecule has 2 heterocycles. The van der Waals surface area contributed by atoms with Crippen molar-refractivity contribution in [1.82, 2.24) is 0 Å². The summed E-state index contributed by atoms with van der Waals surface area (Å²) in [5.74, 6) is 0.721. The Morgan fingerprint density at radius 2 is 2.20 bits per heavy atom. The van der Waals surface area contributed by atoms with Gasteiger partial charge in [-0.05, 0) is 0 Å². The van der Waals surface area contributed by atoms with Crippen LogP contribution < -0.4 is 28.3 Å². The number of hydrogen-bond donors (Lipinski definition) is 1. The summed E-state index contributed by atoms with van der Waals surface area (Å²) in [5.41, 5.74) is 0. The zero-order valence-electron chi connectivity index (χ0n) is 9.04. The van der Waals surface area contributed by atoms with Crippen LogP contribution in [0.2, 0.25) is 0 Å². The van der Waals surface area contributed by atoms with E-state index in [2.05, 4.69) is 0 Å². The van der Waals surface area contributed by atoms with E-state index in [1.54, 1.807) is 10.8 Å². The zero-order chi connectivity index (χ0) is 10.2. The second-order valence-electron chi connectivity index (χ2n) is 2.90. The van der Waals surface area contributed by atoms with Gasteiger partial charge in [0.15, 0.2) is 11.5 Å². The third-order valence-electron chi connectivity index (χ3n) is 1.71. The minimum atomic E-state index is -4.01. The molecule has 0 spiro atoms. The van der Waals surface area contributed by atoms with E-state index in [4.69, 9.17) is 14.0 Å². The molecule has 0 saturated heterocycles. The fourth-order valence-corrected chi connectivity index (χ4v) is 2.48. The Morgan fingerprint density at radius 1 is 1.53 bits per heavy atom. The molecule has 0 saturated carbocycles. The van der Waals surface area contributed by atoms with Crippen molar-refractivity contribution in [3.8, 4) is 11.5 Å². The maximum absolute atomic E-state index is 10.6. The van der Waals surface area contributed by atoms with Crippen molar-refractivity contribution in [1.29, 1.82) is 0 Å². The molecule has 0 radical (unpaired) electrons. The summed E-state index contributed by atoms with van der Waals surface area (Å²) in [6, 6.07) is 0. The Morgan fingerprint density at radius 3 is 2.87 bits per heavy atom. The van der Waals surface area contributed by atoms with Crippen LogP contribution in [0.3, 0.4) is 0 Å². The van der Waals surface area contributed by atoms with Crippen LogP contribution in [0.4, 0.5) is 0 Å². The Balaban J connectivity index is 0.00000112. The van der Waals surface area contributed by atoms with Gasteiger partial charge < -0.3 is 10.9 Å². The summed E-state index contributed by atoms with van der Waals surface area (Å²) < 4.78 is 40.3. The van der Waals surface area contributed by atoms with Crippen molar-refractivity contribution in [2.24, 2.45) is 0 Å². The molecular weight excluding hydrogens is 235 g/mol. The van der Waals surface area contributed by atoms with Gasteiger partial charge in [0.1, 0.15) is 18.5 Å². The molecule has 1 aliphatic heterocycles. The second kappa shape index (κ2) is 4.76. The van der Waals surface area contributed by atoms with Gasteiger partial charge in [-0.3, -0.25) is 4.55 Å². The first-order valence-electron chi connectivity index (χ1n) is 3.85. The maximum atomic E-state index is 10.6. The molecule has 0 amide bonds. The molecule has 1 aromatic heterocycles. The average molecular weight is 244 g/mol. The van der Waals surface area contributed by atoms with Gasteiger partial charge in [-0.25, -0.2) is 0 Å². The van der Waals surface area contributed by atoms with Crippen molar-refractivity contribution in [2.75, 3.05) is 12.4 Å². The minimum Gasteiger partial charge on any atom is -1.00 e. The molecule has 2 rings (SSSR count). The summed E-state index contributed by atoms with van der Waals surface area (Å²) in [6.07, 6.45) is -0.632. The van der Waals surface area contributed by atoms with Crippen LogP contribution in [-0.2, 0) is 10.1 Å². The van der Waals surface area contributed by atoms with Gasteiger partial charge in [0.25, 0.3) is 10.1 Å². The Kier molecular flexibility index (Phi) is 4.09. The van der Waals surface area contributed by atoms with E-state index in [1.807, 2.05) is 0 Å². The molecule has 80 valence electrons. The van der Waals surface area contributed by atoms with E-state index >= 15 is 0 Å². The smallest absolute Gasteiger partial charge is 1.00 e. The van der Waals surface area contributed by atoms with Gasteiger partial charge >= 0.3 is 18.9 Å². The fourth-order valence-electron chi connectivity index (χ4n) is 1.18. The zero-order valence-corrected chi connectivity index (χ0v) is 9.68. The predicted octanol–water partition coefficient (Wildman–Crippen LogP) is -2.11. The van der Waals surface area contributed by atoms with Crippen LogP contribution in [0, 0.1) is 0 Å². The van der Waals surface area contributed by atoms with Gasteiger partial charge in [-0.1, -0.05) is 0 Å². The van der Waals surface area contributed by atoms with Crippen molar-refractivity contribution >= 4 is 21.5 Å². The minimum absolute atomic E-state index is 0. The number of rotatable bonds is 2. The number of ether oxygens (including phenoxy) is 2. The quantitative estimate of drug-likeness (QED) is 0.476. The molecule has 0 bridgehead atoms. The van der Waals surface area contributed by atoms with Crippen LogP contribution in [0.5, 0.6) is 11.5 Å². The second-order valence-corrected chi connectivity index (χ2v) is 5.14. The molecule has 5 nitrogen and oxygen atoms in total. The molecule has 0 aliphatic carbocycles. The van der Waals surface area contributed by atoms with Gasteiger partial charge in [-0.2, -0.15) is 8.42 Å². The Bertz CT molecular complexity index is 432. The van der Waals surface area contributed by atoms with Crippen molar-refractivity contribution < 1.29 is 42.7 Å². The fraction of sp³-hybridized carbons (Fsp3) is 0.429. The van der Waals surface area contributed by atoms with E-state index in [0.717, 1.165) is 0 Å². The maximum Gasteiger partial charge on any atom is 1.00 e. The first-order valence-corrected chi connectivity index (χ1v) is 6.40. The van der Waals surface area contributed by atoms with Gasteiger partial charge in [0.05, 0.1) is 0 Å². The SMILES string of the molecule is O=S(=O)(O)CC1COc2cscc2O1.[H-].[Li+]. The van der Waals surface area contributed by atoms with Crippen LogP contribution >= 0.6 is 11.3 Å². The molecule has 0 fully saturated rings. The summed E-state index contributed by atoms with van der Waals surface area (Å²) in [7, 11) is -4.01. The monoisotopic (exact) mass is 244 g/mol.